The fourth-order valence-electron chi connectivity index (χ4n) is 2.94. The van der Waals surface area contributed by atoms with Crippen LogP contribution in [0.3, 0.4) is 0 Å². The summed E-state index contributed by atoms with van der Waals surface area (Å²) in [5.74, 6) is 0.660. The van der Waals surface area contributed by atoms with Gasteiger partial charge in [-0.2, -0.15) is 5.26 Å². The van der Waals surface area contributed by atoms with E-state index in [-0.39, 0.29) is 0 Å². The molecule has 1 aliphatic heterocycles. The lowest BCUT2D eigenvalue weighted by molar-refractivity contribution is 0.628. The molecule has 1 aromatic heterocycles. The third kappa shape index (κ3) is 2.00. The molecule has 1 aliphatic rings. The van der Waals surface area contributed by atoms with E-state index in [0.29, 0.717) is 11.5 Å². The highest BCUT2D eigenvalue weighted by atomic mass is 15.3. The second-order valence-corrected chi connectivity index (χ2v) is 5.63. The molecule has 2 aromatic carbocycles. The first-order valence-corrected chi connectivity index (χ1v) is 7.40. The van der Waals surface area contributed by atoms with Crippen LogP contribution in [0.4, 0.5) is 5.95 Å². The van der Waals surface area contributed by atoms with Crippen molar-refractivity contribution in [3.05, 3.63) is 65.2 Å². The Hall–Kier alpha value is -3.10. The Balaban J connectivity index is 1.92. The standard InChI is InChI=1S/C18H15N5/c1-11-6-8-12(9-7-11)16-13(10-19)17(20)23-15-5-3-2-4-14(15)21-18(23)22-16/h2-9,17H,20H2,1H3,(H,21,22). The maximum absolute atomic E-state index is 9.62. The van der Waals surface area contributed by atoms with E-state index in [9.17, 15) is 5.26 Å². The minimum absolute atomic E-state index is 0.504. The second-order valence-electron chi connectivity index (χ2n) is 5.63. The Bertz CT molecular complexity index is 973. The van der Waals surface area contributed by atoms with Crippen LogP contribution in [0.5, 0.6) is 0 Å². The Morgan fingerprint density at radius 3 is 2.65 bits per heavy atom. The SMILES string of the molecule is Cc1ccc(C2=C(C#N)C(N)n3c(nc4ccccc43)N2)cc1. The first-order valence-electron chi connectivity index (χ1n) is 7.40. The van der Waals surface area contributed by atoms with Crippen molar-refractivity contribution >= 4 is 22.7 Å². The van der Waals surface area contributed by atoms with E-state index in [1.807, 2.05) is 60.0 Å². The van der Waals surface area contributed by atoms with Gasteiger partial charge in [0.25, 0.3) is 0 Å². The number of para-hydroxylation sites is 2. The number of benzene rings is 2. The minimum atomic E-state index is -0.556. The third-order valence-corrected chi connectivity index (χ3v) is 4.14. The first-order chi connectivity index (χ1) is 11.2. The molecule has 0 bridgehead atoms. The number of anilines is 1. The molecule has 0 spiro atoms. The predicted molar refractivity (Wildman–Crippen MR) is 90.3 cm³/mol. The molecular formula is C18H15N5. The molecule has 0 radical (unpaired) electrons. The summed E-state index contributed by atoms with van der Waals surface area (Å²) in [5.41, 5.74) is 11.5. The Kier molecular flexibility index (Phi) is 2.93. The number of aryl methyl sites for hydroxylation is 1. The molecule has 0 saturated heterocycles. The van der Waals surface area contributed by atoms with Gasteiger partial charge in [0, 0.05) is 0 Å². The molecule has 5 heteroatoms. The maximum Gasteiger partial charge on any atom is 0.210 e. The van der Waals surface area contributed by atoms with Gasteiger partial charge < -0.3 is 11.1 Å². The summed E-state index contributed by atoms with van der Waals surface area (Å²) >= 11 is 0. The molecule has 23 heavy (non-hydrogen) atoms. The third-order valence-electron chi connectivity index (χ3n) is 4.14. The highest BCUT2D eigenvalue weighted by Crippen LogP contribution is 2.35. The van der Waals surface area contributed by atoms with Crippen molar-refractivity contribution in [3.8, 4) is 6.07 Å². The molecule has 0 saturated carbocycles. The lowest BCUT2D eigenvalue weighted by Crippen LogP contribution is -2.28. The van der Waals surface area contributed by atoms with Crippen LogP contribution < -0.4 is 11.1 Å². The smallest absolute Gasteiger partial charge is 0.210 e. The number of hydrogen-bond donors (Lipinski definition) is 2. The summed E-state index contributed by atoms with van der Waals surface area (Å²) < 4.78 is 1.87. The van der Waals surface area contributed by atoms with Gasteiger partial charge >= 0.3 is 0 Å². The van der Waals surface area contributed by atoms with E-state index in [1.54, 1.807) is 0 Å². The van der Waals surface area contributed by atoms with Gasteiger partial charge in [-0.25, -0.2) is 4.98 Å². The van der Waals surface area contributed by atoms with E-state index in [1.165, 1.54) is 5.56 Å². The van der Waals surface area contributed by atoms with Crippen LogP contribution in [0.15, 0.2) is 54.1 Å². The topological polar surface area (TPSA) is 79.7 Å². The molecular weight excluding hydrogens is 286 g/mol. The van der Waals surface area contributed by atoms with Crippen LogP contribution in [0, 0.1) is 18.3 Å². The summed E-state index contributed by atoms with van der Waals surface area (Å²) in [4.78, 5) is 4.59. The molecule has 5 nitrogen and oxygen atoms in total. The fraction of sp³-hybridized carbons (Fsp3) is 0.111. The number of fused-ring (bicyclic) bond motifs is 3. The number of nitrogens with one attached hydrogen (secondary N) is 1. The number of aromatic nitrogens is 2. The zero-order valence-corrected chi connectivity index (χ0v) is 12.6. The van der Waals surface area contributed by atoms with Crippen LogP contribution in [-0.2, 0) is 0 Å². The number of nitrogens with zero attached hydrogens (tertiary/aromatic N) is 3. The molecule has 0 aliphatic carbocycles. The maximum atomic E-state index is 9.62. The van der Waals surface area contributed by atoms with Gasteiger partial charge in [0.15, 0.2) is 0 Å². The average molecular weight is 301 g/mol. The van der Waals surface area contributed by atoms with Crippen LogP contribution in [-0.4, -0.2) is 9.55 Å². The predicted octanol–water partition coefficient (Wildman–Crippen LogP) is 3.16. The van der Waals surface area contributed by atoms with Gasteiger partial charge in [0.1, 0.15) is 12.2 Å². The Morgan fingerprint density at radius 1 is 1.17 bits per heavy atom. The number of rotatable bonds is 1. The Labute approximate surface area is 133 Å². The summed E-state index contributed by atoms with van der Waals surface area (Å²) in [6.45, 7) is 2.03. The van der Waals surface area contributed by atoms with Gasteiger partial charge in [0.05, 0.1) is 22.3 Å². The second kappa shape index (κ2) is 4.97. The van der Waals surface area contributed by atoms with Gasteiger partial charge in [-0.15, -0.1) is 0 Å². The summed E-state index contributed by atoms with van der Waals surface area (Å²) in [6.07, 6.45) is -0.556. The van der Waals surface area contributed by atoms with Crippen LogP contribution in [0.1, 0.15) is 17.3 Å². The highest BCUT2D eigenvalue weighted by molar-refractivity contribution is 5.87. The van der Waals surface area contributed by atoms with Crippen molar-refractivity contribution < 1.29 is 0 Å². The van der Waals surface area contributed by atoms with Crippen LogP contribution >= 0.6 is 0 Å². The molecule has 112 valence electrons. The fourth-order valence-corrected chi connectivity index (χ4v) is 2.94. The largest absolute Gasteiger partial charge is 0.324 e. The molecule has 1 atom stereocenters. The molecule has 3 N–H and O–H groups in total. The highest BCUT2D eigenvalue weighted by Gasteiger charge is 2.28. The monoisotopic (exact) mass is 301 g/mol. The normalized spacial score (nSPS) is 16.8. The molecule has 1 unspecified atom stereocenters. The molecule has 0 amide bonds. The number of hydrogen-bond acceptors (Lipinski definition) is 4. The van der Waals surface area contributed by atoms with E-state index in [0.717, 1.165) is 22.3 Å². The van der Waals surface area contributed by atoms with Crippen molar-refractivity contribution in [1.29, 1.82) is 5.26 Å². The molecule has 4 rings (SSSR count). The quantitative estimate of drug-likeness (QED) is 0.723. The molecule has 3 aromatic rings. The van der Waals surface area contributed by atoms with Crippen LogP contribution in [0.25, 0.3) is 16.7 Å². The number of nitrogens with two attached hydrogens (primary N) is 1. The van der Waals surface area contributed by atoms with Crippen molar-refractivity contribution in [1.82, 2.24) is 9.55 Å². The molecule has 0 fully saturated rings. The van der Waals surface area contributed by atoms with Crippen molar-refractivity contribution in [3.63, 3.8) is 0 Å². The zero-order chi connectivity index (χ0) is 16.0. The van der Waals surface area contributed by atoms with Crippen molar-refractivity contribution in [2.24, 2.45) is 5.73 Å². The lowest BCUT2D eigenvalue weighted by atomic mass is 10.0. The number of nitriles is 1. The Morgan fingerprint density at radius 2 is 1.91 bits per heavy atom. The average Bonchev–Trinajstić information content (AvgIpc) is 2.94. The first kappa shape index (κ1) is 13.6. The van der Waals surface area contributed by atoms with Crippen molar-refractivity contribution in [2.75, 3.05) is 5.32 Å². The van der Waals surface area contributed by atoms with Gasteiger partial charge in [0.2, 0.25) is 5.95 Å². The molecule has 2 heterocycles. The van der Waals surface area contributed by atoms with E-state index in [2.05, 4.69) is 16.4 Å². The van der Waals surface area contributed by atoms with Gasteiger partial charge in [-0.05, 0) is 24.6 Å². The van der Waals surface area contributed by atoms with E-state index in [4.69, 9.17) is 5.73 Å². The summed E-state index contributed by atoms with van der Waals surface area (Å²) in [6, 6.07) is 18.0. The minimum Gasteiger partial charge on any atom is -0.324 e. The summed E-state index contributed by atoms with van der Waals surface area (Å²) in [5, 5.41) is 12.9. The zero-order valence-electron chi connectivity index (χ0n) is 12.6. The van der Waals surface area contributed by atoms with E-state index < -0.39 is 6.17 Å². The van der Waals surface area contributed by atoms with Crippen LogP contribution in [0.2, 0.25) is 0 Å². The van der Waals surface area contributed by atoms with Crippen molar-refractivity contribution in [2.45, 2.75) is 13.1 Å². The number of imidazole rings is 1. The van der Waals surface area contributed by atoms with Gasteiger partial charge in [-0.3, -0.25) is 4.57 Å². The van der Waals surface area contributed by atoms with E-state index >= 15 is 0 Å². The lowest BCUT2D eigenvalue weighted by Gasteiger charge is -2.26. The van der Waals surface area contributed by atoms with Gasteiger partial charge in [-0.1, -0.05) is 42.0 Å². The summed E-state index contributed by atoms with van der Waals surface area (Å²) in [7, 11) is 0.